The zero-order valence-corrected chi connectivity index (χ0v) is 36.2. The summed E-state index contributed by atoms with van der Waals surface area (Å²) < 4.78 is 0. The zero-order chi connectivity index (χ0) is 34.3. The average Bonchev–Trinajstić information content (AvgIpc) is 3.67. The first-order valence-corrected chi connectivity index (χ1v) is 23.6. The van der Waals surface area contributed by atoms with Gasteiger partial charge in [-0.2, -0.15) is 12.1 Å². The Morgan fingerprint density at radius 2 is 1.10 bits per heavy atom. The molecule has 0 saturated heterocycles. The van der Waals surface area contributed by atoms with Crippen molar-refractivity contribution < 1.29 is 48.1 Å². The van der Waals surface area contributed by atoms with Gasteiger partial charge in [0.2, 0.25) is 0 Å². The number of aryl methyl sites for hydroxylation is 1. The Morgan fingerprint density at radius 1 is 0.653 bits per heavy atom. The standard InChI is InChI=1S/C23H27.C20H21.C2H6Si.2ClH.Zr/c1-6-16(2)19-14-18-8-7-9-21(22(18)15-19)17-10-12-20(13-11-17)23(3,4)5;1-4-15(3)16-8-10-17(11-9-16)19-7-5-6-18-12-14(2)13-20(18)19;1-3-2;;;/h7-16H,6H2,1-5H3;5-13,15H,4H2,1-3H3;1-2H3;2*1H;/q2*-1;;;;+2/p-2. The van der Waals surface area contributed by atoms with Gasteiger partial charge in [0.05, 0.1) is 0 Å². The molecule has 0 aliphatic rings. The van der Waals surface area contributed by atoms with E-state index in [4.69, 9.17) is 0 Å². The van der Waals surface area contributed by atoms with Crippen LogP contribution in [0.3, 0.4) is 0 Å². The predicted octanol–water partition coefficient (Wildman–Crippen LogP) is 7.88. The smallest absolute Gasteiger partial charge is 1.00 e. The molecule has 6 aromatic rings. The fourth-order valence-electron chi connectivity index (χ4n) is 6.04. The van der Waals surface area contributed by atoms with E-state index in [1.165, 1.54) is 78.9 Å². The minimum atomic E-state index is 0. The van der Waals surface area contributed by atoms with E-state index in [0.29, 0.717) is 11.8 Å². The second-order valence-electron chi connectivity index (χ2n) is 14.5. The van der Waals surface area contributed by atoms with Crippen molar-refractivity contribution in [1.29, 1.82) is 0 Å². The molecule has 0 nitrogen and oxygen atoms in total. The molecular weight excluding hydrogens is 731 g/mol. The third-order valence-electron chi connectivity index (χ3n) is 9.31. The molecule has 49 heavy (non-hydrogen) atoms. The Morgan fingerprint density at radius 3 is 1.57 bits per heavy atom. The molecule has 0 heterocycles. The number of rotatable bonds is 6. The fourth-order valence-corrected chi connectivity index (χ4v) is 6.04. The minimum Gasteiger partial charge on any atom is -1.00 e. The van der Waals surface area contributed by atoms with E-state index in [0.717, 1.165) is 0 Å². The van der Waals surface area contributed by atoms with Crippen molar-refractivity contribution in [3.8, 4) is 22.3 Å². The molecule has 4 heteroatoms. The maximum absolute atomic E-state index is 2.39. The summed E-state index contributed by atoms with van der Waals surface area (Å²) in [4.78, 5) is 0. The summed E-state index contributed by atoms with van der Waals surface area (Å²) in [6.45, 7) is 22.7. The van der Waals surface area contributed by atoms with Crippen molar-refractivity contribution in [2.75, 3.05) is 0 Å². The van der Waals surface area contributed by atoms with E-state index in [1.54, 1.807) is 23.3 Å². The van der Waals surface area contributed by atoms with Crippen molar-refractivity contribution in [2.24, 2.45) is 0 Å². The van der Waals surface area contributed by atoms with Gasteiger partial charge in [0.1, 0.15) is 0 Å². The molecule has 258 valence electrons. The molecule has 6 aromatic carbocycles. The second kappa shape index (κ2) is 19.4. The van der Waals surface area contributed by atoms with Crippen LogP contribution in [0.1, 0.15) is 95.4 Å². The van der Waals surface area contributed by atoms with Gasteiger partial charge in [-0.25, -0.2) is 0 Å². The average molecular weight is 785 g/mol. The zero-order valence-electron chi connectivity index (χ0n) is 31.2. The molecule has 0 aliphatic carbocycles. The van der Waals surface area contributed by atoms with Crippen LogP contribution < -0.4 is 24.8 Å². The number of benzene rings is 4. The molecule has 0 N–H and O–H groups in total. The summed E-state index contributed by atoms with van der Waals surface area (Å²) in [5, 5.41) is 5.44. The van der Waals surface area contributed by atoms with Crippen LogP contribution in [0, 0.1) is 6.92 Å². The van der Waals surface area contributed by atoms with Crippen LogP contribution in [0.5, 0.6) is 0 Å². The Kier molecular flexibility index (Phi) is 17.0. The maximum Gasteiger partial charge on any atom is -1.00 e. The summed E-state index contributed by atoms with van der Waals surface area (Å²) in [6.07, 6.45) is 2.38. The molecule has 0 aromatic heterocycles. The quantitative estimate of drug-likeness (QED) is 0.119. The Labute approximate surface area is 325 Å². The van der Waals surface area contributed by atoms with Crippen LogP contribution in [0.25, 0.3) is 43.8 Å². The van der Waals surface area contributed by atoms with E-state index in [1.807, 2.05) is 0 Å². The van der Waals surface area contributed by atoms with Gasteiger partial charge in [-0.05, 0) is 45.9 Å². The monoisotopic (exact) mass is 782 g/mol. The summed E-state index contributed by atoms with van der Waals surface area (Å²) >= 11 is 1.74. The van der Waals surface area contributed by atoms with E-state index in [-0.39, 0.29) is 35.7 Å². The topological polar surface area (TPSA) is 0 Å². The number of hydrogen-bond donors (Lipinski definition) is 0. The van der Waals surface area contributed by atoms with Gasteiger partial charge >= 0.3 is 41.9 Å². The van der Waals surface area contributed by atoms with Gasteiger partial charge in [0, 0.05) is 0 Å². The molecule has 2 unspecified atom stereocenters. The minimum absolute atomic E-state index is 0. The molecule has 0 fully saturated rings. The molecule has 0 aliphatic heterocycles. The second-order valence-corrected chi connectivity index (χ2v) is 23.9. The Balaban J connectivity index is 0.000000298. The molecule has 2 atom stereocenters. The van der Waals surface area contributed by atoms with Crippen LogP contribution in [0.2, 0.25) is 13.1 Å². The van der Waals surface area contributed by atoms with Crippen molar-refractivity contribution in [3.63, 3.8) is 0 Å². The maximum atomic E-state index is 2.39. The van der Waals surface area contributed by atoms with Gasteiger partial charge in [-0.1, -0.05) is 134 Å². The van der Waals surface area contributed by atoms with Crippen molar-refractivity contribution >= 4 is 27.0 Å². The van der Waals surface area contributed by atoms with E-state index < -0.39 is 0 Å². The Hall–Kier alpha value is -2.22. The third kappa shape index (κ3) is 11.4. The van der Waals surface area contributed by atoms with Gasteiger partial charge in [-0.15, -0.1) is 69.1 Å². The van der Waals surface area contributed by atoms with Crippen LogP contribution in [-0.2, 0) is 28.8 Å². The third-order valence-corrected chi connectivity index (χ3v) is 9.31. The number of fused-ring (bicyclic) bond motifs is 2. The molecule has 0 amide bonds. The molecule has 0 saturated carbocycles. The van der Waals surface area contributed by atoms with E-state index in [2.05, 4.69) is 178 Å². The normalized spacial score (nSPS) is 12.1. The fraction of sp³-hybridized carbons (Fsp3) is 0.333. The molecule has 6 rings (SSSR count). The summed E-state index contributed by atoms with van der Waals surface area (Å²) in [5.74, 6) is 1.26. The van der Waals surface area contributed by atoms with Gasteiger partial charge in [-0.3, -0.25) is 0 Å². The van der Waals surface area contributed by atoms with Gasteiger partial charge in [0.15, 0.2) is 0 Å². The summed E-state index contributed by atoms with van der Waals surface area (Å²) in [7, 11) is 0. The SMILES string of the molecule is CCC(C)c1cc2c(-c3ccc(C(C)(C)C)cc3)cccc2[cH-]1.CCC(C)c1ccc(-c2cccc3[cH-]c(C)cc23)cc1.C[Si](C)=[Zr+2].[Cl-].[Cl-]. The largest absolute Gasteiger partial charge is 1.00 e. The molecule has 0 bridgehead atoms. The number of hydrogen-bond acceptors (Lipinski definition) is 0. The van der Waals surface area contributed by atoms with Crippen LogP contribution >= 0.6 is 0 Å². The van der Waals surface area contributed by atoms with Crippen LogP contribution in [-0.4, -0.2) is 5.43 Å². The van der Waals surface area contributed by atoms with Crippen molar-refractivity contribution in [2.45, 2.75) is 98.6 Å². The predicted molar refractivity (Wildman–Crippen MR) is 208 cm³/mol. The van der Waals surface area contributed by atoms with Gasteiger partial charge < -0.3 is 24.8 Å². The molecule has 0 radical (unpaired) electrons. The van der Waals surface area contributed by atoms with Crippen LogP contribution in [0.4, 0.5) is 0 Å². The molecular formula is C45H54Cl2SiZr-2. The van der Waals surface area contributed by atoms with Gasteiger partial charge in [0.25, 0.3) is 0 Å². The molecule has 0 spiro atoms. The number of halogens is 2. The first-order valence-electron chi connectivity index (χ1n) is 17.4. The summed E-state index contributed by atoms with van der Waals surface area (Å²) in [6, 6.07) is 40.7. The summed E-state index contributed by atoms with van der Waals surface area (Å²) in [5.41, 5.74) is 11.3. The first-order chi connectivity index (χ1) is 22.3. The van der Waals surface area contributed by atoms with Crippen molar-refractivity contribution in [1.82, 2.24) is 0 Å². The van der Waals surface area contributed by atoms with Crippen molar-refractivity contribution in [3.05, 3.63) is 131 Å². The Bertz CT molecular complexity index is 1900. The van der Waals surface area contributed by atoms with E-state index in [9.17, 15) is 0 Å². The van der Waals surface area contributed by atoms with Crippen LogP contribution in [0.15, 0.2) is 109 Å². The van der Waals surface area contributed by atoms with E-state index >= 15 is 0 Å². The first kappa shape index (κ1) is 42.9.